The number of anilines is 2. The zero-order valence-corrected chi connectivity index (χ0v) is 34.5. The van der Waals surface area contributed by atoms with Crippen molar-refractivity contribution in [2.75, 3.05) is 99.1 Å². The van der Waals surface area contributed by atoms with Gasteiger partial charge >= 0.3 is 0 Å². The van der Waals surface area contributed by atoms with Crippen LogP contribution < -0.4 is 28.6 Å². The van der Waals surface area contributed by atoms with Crippen LogP contribution in [0.25, 0.3) is 0 Å². The van der Waals surface area contributed by atoms with Crippen LogP contribution in [-0.2, 0) is 12.8 Å². The minimum atomic E-state index is -0.135. The molecule has 11 nitrogen and oxygen atoms in total. The normalized spacial score (nSPS) is 17.0. The monoisotopic (exact) mass is 784 g/mol. The van der Waals surface area contributed by atoms with Crippen LogP contribution in [0, 0.1) is 5.92 Å². The number of benzene rings is 2. The quantitative estimate of drug-likeness (QED) is 0.124. The molecule has 0 bridgehead atoms. The molecule has 0 saturated carbocycles. The molecule has 2 atom stereocenters. The summed E-state index contributed by atoms with van der Waals surface area (Å²) in [6.07, 6.45) is 8.28. The zero-order valence-electron chi connectivity index (χ0n) is 33.0. The number of aryl methyl sites for hydroxylation is 2. The van der Waals surface area contributed by atoms with Gasteiger partial charge in [0, 0.05) is 43.8 Å². The maximum absolute atomic E-state index is 13.6. The number of aromatic nitrogens is 2. The molecule has 1 aromatic heterocycles. The summed E-state index contributed by atoms with van der Waals surface area (Å²) in [5.41, 5.74) is 15.2. The van der Waals surface area contributed by atoms with Crippen molar-refractivity contribution < 1.29 is 31.2 Å². The number of quaternary nitrogens is 1. The molecule has 1 aliphatic heterocycles. The fraction of sp³-hybridized carbons (Fsp3) is 0.561. The minimum Gasteiger partial charge on any atom is -1.00 e. The summed E-state index contributed by atoms with van der Waals surface area (Å²) in [6, 6.07) is 16.6. The number of carbonyl (C=O) groups excluding carboxylic acids is 2. The number of rotatable bonds is 21. The molecule has 13 heteroatoms. The summed E-state index contributed by atoms with van der Waals surface area (Å²) >= 11 is 6.11. The Morgan fingerprint density at radius 3 is 1.91 bits per heavy atom. The smallest absolute Gasteiger partial charge is 0.253 e. The lowest BCUT2D eigenvalue weighted by Crippen LogP contribution is -3.00. The molecule has 0 aliphatic carbocycles. The van der Waals surface area contributed by atoms with E-state index in [2.05, 4.69) is 72.2 Å². The molecule has 1 aliphatic rings. The molecule has 4 N–H and O–H groups in total. The largest absolute Gasteiger partial charge is 1.00 e. The van der Waals surface area contributed by atoms with Gasteiger partial charge in [-0.2, -0.15) is 0 Å². The number of likely N-dealkylation sites (tertiary alicyclic amines) is 1. The predicted molar refractivity (Wildman–Crippen MR) is 216 cm³/mol. The number of hydrogen-bond donors (Lipinski definition) is 2. The number of carbonyl (C=O) groups is 2. The van der Waals surface area contributed by atoms with Crippen molar-refractivity contribution in [2.45, 2.75) is 57.8 Å². The van der Waals surface area contributed by atoms with Crippen LogP contribution in [0.1, 0.15) is 76.9 Å². The van der Waals surface area contributed by atoms with Crippen molar-refractivity contribution in [3.63, 3.8) is 0 Å². The highest BCUT2D eigenvalue weighted by atomic mass is 35.5. The van der Waals surface area contributed by atoms with Crippen LogP contribution in [0.5, 0.6) is 5.75 Å². The molecule has 0 spiro atoms. The first-order valence-electron chi connectivity index (χ1n) is 19.2. The number of amides is 1. The first-order chi connectivity index (χ1) is 25.4. The van der Waals surface area contributed by atoms with E-state index in [4.69, 9.17) is 27.8 Å². The van der Waals surface area contributed by atoms with Gasteiger partial charge in [-0.05, 0) is 115 Å². The lowest BCUT2D eigenvalue weighted by Gasteiger charge is -2.45. The second-order valence-electron chi connectivity index (χ2n) is 15.3. The number of piperidine rings is 1. The third-order valence-electron chi connectivity index (χ3n) is 10.4. The van der Waals surface area contributed by atoms with Crippen LogP contribution in [-0.4, -0.2) is 128 Å². The van der Waals surface area contributed by atoms with Crippen molar-refractivity contribution in [3.05, 3.63) is 76.1 Å². The van der Waals surface area contributed by atoms with Gasteiger partial charge in [-0.15, -0.1) is 0 Å². The molecule has 2 heterocycles. The Balaban J connectivity index is 0.00000784. The molecule has 54 heavy (non-hydrogen) atoms. The number of Topliss-reactive ketones (excluding diaryl/α,β-unsaturated/α-hetero) is 1. The van der Waals surface area contributed by atoms with Gasteiger partial charge in [-0.25, -0.2) is 9.97 Å². The van der Waals surface area contributed by atoms with Gasteiger partial charge in [-0.3, -0.25) is 9.59 Å². The predicted octanol–water partition coefficient (Wildman–Crippen LogP) is 2.72. The summed E-state index contributed by atoms with van der Waals surface area (Å²) in [5.74, 6) is 1.10. The van der Waals surface area contributed by atoms with Crippen molar-refractivity contribution in [3.8, 4) is 5.75 Å². The first kappa shape index (κ1) is 44.9. The lowest BCUT2D eigenvalue weighted by molar-refractivity contribution is -0.936. The van der Waals surface area contributed by atoms with Crippen LogP contribution in [0.2, 0.25) is 5.15 Å². The Morgan fingerprint density at radius 1 is 0.815 bits per heavy atom. The van der Waals surface area contributed by atoms with E-state index in [1.807, 2.05) is 29.2 Å². The summed E-state index contributed by atoms with van der Waals surface area (Å²) in [7, 11) is 9.97. The highest BCUT2D eigenvalue weighted by molar-refractivity contribution is 6.31. The number of nitrogen functional groups attached to an aromatic ring is 2. The number of hydrogen-bond acceptors (Lipinski definition) is 9. The Kier molecular flexibility index (Phi) is 18.4. The number of ether oxygens (including phenoxy) is 1. The van der Waals surface area contributed by atoms with Crippen molar-refractivity contribution in [1.29, 1.82) is 0 Å². The third-order valence-corrected chi connectivity index (χ3v) is 10.7. The maximum Gasteiger partial charge on any atom is 0.253 e. The Morgan fingerprint density at radius 2 is 1.37 bits per heavy atom. The second kappa shape index (κ2) is 22.2. The Labute approximate surface area is 334 Å². The van der Waals surface area contributed by atoms with Crippen molar-refractivity contribution >= 4 is 34.9 Å². The van der Waals surface area contributed by atoms with E-state index >= 15 is 0 Å². The molecule has 4 rings (SSSR count). The van der Waals surface area contributed by atoms with E-state index in [1.54, 1.807) is 7.11 Å². The molecule has 1 saturated heterocycles. The van der Waals surface area contributed by atoms with Crippen LogP contribution >= 0.6 is 11.6 Å². The van der Waals surface area contributed by atoms with E-state index in [9.17, 15) is 9.59 Å². The summed E-state index contributed by atoms with van der Waals surface area (Å²) < 4.78 is 6.32. The fourth-order valence-corrected chi connectivity index (χ4v) is 7.76. The van der Waals surface area contributed by atoms with Crippen LogP contribution in [0.15, 0.2) is 48.5 Å². The average molecular weight is 786 g/mol. The molecule has 1 amide bonds. The number of halogens is 2. The van der Waals surface area contributed by atoms with Gasteiger partial charge in [0.25, 0.3) is 5.91 Å². The Hall–Kier alpha value is -3.48. The lowest BCUT2D eigenvalue weighted by atomic mass is 9.89. The summed E-state index contributed by atoms with van der Waals surface area (Å²) in [6.45, 7) is 7.50. The van der Waals surface area contributed by atoms with Gasteiger partial charge in [0.2, 0.25) is 0 Å². The molecule has 1 fully saturated rings. The SMILES string of the molecule is COc1ccc(CCC[N+]2(CCCc3ccc(C(=O)N(CCCN(C)C)CCCN(C)C)cc3)CCCC(CC(=O)c3nc(Cl)c(N)nc3N)C2)cc1.[Cl-]. The first-order valence-corrected chi connectivity index (χ1v) is 19.5. The Bertz CT molecular complexity index is 1590. The maximum atomic E-state index is 13.6. The van der Waals surface area contributed by atoms with Gasteiger partial charge in [0.1, 0.15) is 11.4 Å². The summed E-state index contributed by atoms with van der Waals surface area (Å²) in [5, 5.41) is 0.00425. The van der Waals surface area contributed by atoms with E-state index in [-0.39, 0.29) is 52.5 Å². The zero-order chi connectivity index (χ0) is 38.4. The molecule has 298 valence electrons. The molecular weight excluding hydrogens is 723 g/mol. The standard InChI is InChI=1S/C41H61ClN8O3.ClH/c1-47(2)22-9-24-49(25-10-23-48(3)4)41(52)34-18-14-31(15-19-34)11-6-26-50(27-7-12-32-16-20-35(53-5)21-17-32)28-8-13-33(30-50)29-36(51)37-39(43)46-40(44)38(42)45-37;/h14-21,33H,6-13,22-30H2,1-5H3,(H3-,43,44,46,51);1H. The molecule has 3 aromatic rings. The minimum absolute atomic E-state index is 0. The fourth-order valence-electron chi connectivity index (χ4n) is 7.63. The molecule has 2 aromatic carbocycles. The average Bonchev–Trinajstić information content (AvgIpc) is 3.12. The topological polar surface area (TPSA) is 131 Å². The molecule has 2 unspecified atom stereocenters. The van der Waals surface area contributed by atoms with Gasteiger partial charge in [0.05, 0.1) is 33.3 Å². The molecular formula is C41H62Cl2N8O3. The number of ketones is 1. The highest BCUT2D eigenvalue weighted by Gasteiger charge is 2.36. The number of methoxy groups -OCH3 is 1. The van der Waals surface area contributed by atoms with E-state index in [0.717, 1.165) is 120 Å². The molecule has 0 radical (unpaired) electrons. The number of nitrogens with two attached hydrogens (primary N) is 2. The van der Waals surface area contributed by atoms with Gasteiger partial charge in [0.15, 0.2) is 22.6 Å². The highest BCUT2D eigenvalue weighted by Crippen LogP contribution is 2.30. The van der Waals surface area contributed by atoms with E-state index in [0.29, 0.717) is 6.42 Å². The van der Waals surface area contributed by atoms with Crippen LogP contribution in [0.3, 0.4) is 0 Å². The van der Waals surface area contributed by atoms with Crippen LogP contribution in [0.4, 0.5) is 11.6 Å². The van der Waals surface area contributed by atoms with Gasteiger partial charge < -0.3 is 47.8 Å². The van der Waals surface area contributed by atoms with Gasteiger partial charge in [-0.1, -0.05) is 35.9 Å². The van der Waals surface area contributed by atoms with Crippen molar-refractivity contribution in [2.24, 2.45) is 5.92 Å². The number of nitrogens with zero attached hydrogens (tertiary/aromatic N) is 6. The third kappa shape index (κ3) is 14.0. The van der Waals surface area contributed by atoms with E-state index < -0.39 is 0 Å². The van der Waals surface area contributed by atoms with Crippen molar-refractivity contribution in [1.82, 2.24) is 24.7 Å². The van der Waals surface area contributed by atoms with E-state index in [1.165, 1.54) is 11.1 Å². The second-order valence-corrected chi connectivity index (χ2v) is 15.7. The summed E-state index contributed by atoms with van der Waals surface area (Å²) in [4.78, 5) is 41.5.